The molecular formula is C16H17ClN2O. The monoisotopic (exact) mass is 288 g/mol. The van der Waals surface area contributed by atoms with Gasteiger partial charge >= 0.3 is 0 Å². The van der Waals surface area contributed by atoms with Crippen LogP contribution in [0.2, 0.25) is 5.02 Å². The Hall–Kier alpha value is -1.84. The van der Waals surface area contributed by atoms with Crippen molar-refractivity contribution in [2.24, 2.45) is 0 Å². The summed E-state index contributed by atoms with van der Waals surface area (Å²) in [5.41, 5.74) is 3.39. The van der Waals surface area contributed by atoms with Crippen LogP contribution in [-0.2, 0) is 6.54 Å². The van der Waals surface area contributed by atoms with Crippen molar-refractivity contribution in [2.75, 3.05) is 12.4 Å². The van der Waals surface area contributed by atoms with Crippen LogP contribution in [0.1, 0.15) is 21.5 Å². The number of rotatable bonds is 4. The molecule has 20 heavy (non-hydrogen) atoms. The molecule has 2 rings (SSSR count). The second kappa shape index (κ2) is 6.55. The third-order valence-corrected chi connectivity index (χ3v) is 3.25. The minimum atomic E-state index is -0.198. The summed E-state index contributed by atoms with van der Waals surface area (Å²) in [4.78, 5) is 12.2. The van der Waals surface area contributed by atoms with Gasteiger partial charge in [0.05, 0.1) is 10.6 Å². The molecule has 2 aromatic rings. The van der Waals surface area contributed by atoms with Gasteiger partial charge in [0.25, 0.3) is 5.91 Å². The van der Waals surface area contributed by atoms with E-state index in [9.17, 15) is 4.79 Å². The molecule has 0 radical (unpaired) electrons. The topological polar surface area (TPSA) is 41.1 Å². The van der Waals surface area contributed by atoms with E-state index in [4.69, 9.17) is 11.6 Å². The highest BCUT2D eigenvalue weighted by atomic mass is 35.5. The summed E-state index contributed by atoms with van der Waals surface area (Å²) in [7, 11) is 1.89. The van der Waals surface area contributed by atoms with E-state index in [0.717, 1.165) is 23.4 Å². The summed E-state index contributed by atoms with van der Waals surface area (Å²) in [6, 6.07) is 13.1. The van der Waals surface area contributed by atoms with E-state index < -0.39 is 0 Å². The van der Waals surface area contributed by atoms with Crippen LogP contribution < -0.4 is 10.6 Å². The molecule has 0 spiro atoms. The molecule has 104 valence electrons. The number of nitrogens with one attached hydrogen (secondary N) is 2. The lowest BCUT2D eigenvalue weighted by Crippen LogP contribution is -2.13. The number of amides is 1. The van der Waals surface area contributed by atoms with E-state index in [1.54, 1.807) is 12.1 Å². The van der Waals surface area contributed by atoms with Crippen molar-refractivity contribution in [3.63, 3.8) is 0 Å². The van der Waals surface area contributed by atoms with Crippen molar-refractivity contribution in [3.05, 3.63) is 64.2 Å². The van der Waals surface area contributed by atoms with Crippen molar-refractivity contribution in [3.8, 4) is 0 Å². The second-order valence-electron chi connectivity index (χ2n) is 4.67. The first-order chi connectivity index (χ1) is 9.60. The predicted molar refractivity (Wildman–Crippen MR) is 83.3 cm³/mol. The number of halogens is 1. The zero-order chi connectivity index (χ0) is 14.5. The normalized spacial score (nSPS) is 10.3. The van der Waals surface area contributed by atoms with Gasteiger partial charge in [-0.15, -0.1) is 0 Å². The highest BCUT2D eigenvalue weighted by Gasteiger charge is 2.10. The molecule has 0 aliphatic rings. The van der Waals surface area contributed by atoms with Gasteiger partial charge < -0.3 is 10.6 Å². The number of anilines is 1. The molecule has 3 nitrogen and oxygen atoms in total. The Kier molecular flexibility index (Phi) is 4.77. The van der Waals surface area contributed by atoms with Crippen LogP contribution in [0.5, 0.6) is 0 Å². The summed E-state index contributed by atoms with van der Waals surface area (Å²) in [6.07, 6.45) is 0. The van der Waals surface area contributed by atoms with Crippen LogP contribution in [0.25, 0.3) is 0 Å². The Morgan fingerprint density at radius 3 is 2.70 bits per heavy atom. The van der Waals surface area contributed by atoms with E-state index in [1.807, 2.05) is 44.3 Å². The molecule has 0 saturated carbocycles. The maximum absolute atomic E-state index is 12.2. The van der Waals surface area contributed by atoms with E-state index in [0.29, 0.717) is 10.6 Å². The number of hydrogen-bond acceptors (Lipinski definition) is 2. The number of aryl methyl sites for hydroxylation is 1. The Balaban J connectivity index is 2.17. The van der Waals surface area contributed by atoms with Gasteiger partial charge in [0.1, 0.15) is 0 Å². The molecule has 1 amide bonds. The molecular weight excluding hydrogens is 272 g/mol. The van der Waals surface area contributed by atoms with Gasteiger partial charge in [-0.2, -0.15) is 0 Å². The van der Waals surface area contributed by atoms with Gasteiger partial charge in [0, 0.05) is 12.2 Å². The van der Waals surface area contributed by atoms with Gasteiger partial charge in [-0.25, -0.2) is 0 Å². The molecule has 0 bridgehead atoms. The van der Waals surface area contributed by atoms with E-state index in [1.165, 1.54) is 0 Å². The van der Waals surface area contributed by atoms with Crippen molar-refractivity contribution in [2.45, 2.75) is 13.5 Å². The zero-order valence-electron chi connectivity index (χ0n) is 11.5. The van der Waals surface area contributed by atoms with Gasteiger partial charge in [-0.3, -0.25) is 4.79 Å². The van der Waals surface area contributed by atoms with E-state index in [2.05, 4.69) is 10.6 Å². The smallest absolute Gasteiger partial charge is 0.257 e. The first-order valence-electron chi connectivity index (χ1n) is 6.41. The lowest BCUT2D eigenvalue weighted by atomic mass is 10.1. The number of carbonyl (C=O) groups excluding carboxylic acids is 1. The quantitative estimate of drug-likeness (QED) is 0.902. The van der Waals surface area contributed by atoms with E-state index >= 15 is 0 Å². The molecule has 2 N–H and O–H groups in total. The predicted octanol–water partition coefficient (Wildman–Crippen LogP) is 3.62. The number of carbonyl (C=O) groups is 1. The van der Waals surface area contributed by atoms with Gasteiger partial charge in [-0.1, -0.05) is 29.8 Å². The highest BCUT2D eigenvalue weighted by Crippen LogP contribution is 2.19. The molecule has 0 atom stereocenters. The average molecular weight is 289 g/mol. The minimum Gasteiger partial charge on any atom is -0.322 e. The SMILES string of the molecule is CNCc1cccc(NC(=O)c2ccc(C)cc2Cl)c1. The fourth-order valence-electron chi connectivity index (χ4n) is 1.97. The first kappa shape index (κ1) is 14.6. The fourth-order valence-corrected chi connectivity index (χ4v) is 2.29. The van der Waals surface area contributed by atoms with Crippen LogP contribution in [0.4, 0.5) is 5.69 Å². The molecule has 0 fully saturated rings. The maximum atomic E-state index is 12.2. The van der Waals surface area contributed by atoms with Crippen molar-refractivity contribution < 1.29 is 4.79 Å². The van der Waals surface area contributed by atoms with Crippen LogP contribution in [0.3, 0.4) is 0 Å². The van der Waals surface area contributed by atoms with Gasteiger partial charge in [-0.05, 0) is 49.4 Å². The van der Waals surface area contributed by atoms with Crippen molar-refractivity contribution in [1.82, 2.24) is 5.32 Å². The summed E-state index contributed by atoms with van der Waals surface area (Å²) < 4.78 is 0. The zero-order valence-corrected chi connectivity index (χ0v) is 12.3. The Morgan fingerprint density at radius 1 is 1.20 bits per heavy atom. The fraction of sp³-hybridized carbons (Fsp3) is 0.188. The molecule has 0 aliphatic heterocycles. The number of benzene rings is 2. The van der Waals surface area contributed by atoms with Gasteiger partial charge in [0.15, 0.2) is 0 Å². The molecule has 0 heterocycles. The first-order valence-corrected chi connectivity index (χ1v) is 6.79. The Morgan fingerprint density at radius 2 is 2.00 bits per heavy atom. The summed E-state index contributed by atoms with van der Waals surface area (Å²) in [5.74, 6) is -0.198. The maximum Gasteiger partial charge on any atom is 0.257 e. The Bertz CT molecular complexity index is 626. The molecule has 0 aliphatic carbocycles. The summed E-state index contributed by atoms with van der Waals surface area (Å²) in [6.45, 7) is 2.70. The average Bonchev–Trinajstić information content (AvgIpc) is 2.39. The van der Waals surface area contributed by atoms with E-state index in [-0.39, 0.29) is 5.91 Å². The summed E-state index contributed by atoms with van der Waals surface area (Å²) >= 11 is 6.10. The molecule has 0 aromatic heterocycles. The van der Waals surface area contributed by atoms with Crippen molar-refractivity contribution >= 4 is 23.2 Å². The molecule has 4 heteroatoms. The standard InChI is InChI=1S/C16H17ClN2O/c1-11-6-7-14(15(17)8-11)16(20)19-13-5-3-4-12(9-13)10-18-2/h3-9,18H,10H2,1-2H3,(H,19,20). The van der Waals surface area contributed by atoms with Crippen LogP contribution >= 0.6 is 11.6 Å². The third kappa shape index (κ3) is 3.59. The largest absolute Gasteiger partial charge is 0.322 e. The lowest BCUT2D eigenvalue weighted by molar-refractivity contribution is 0.102. The Labute approximate surface area is 124 Å². The van der Waals surface area contributed by atoms with Crippen molar-refractivity contribution in [1.29, 1.82) is 0 Å². The number of hydrogen-bond donors (Lipinski definition) is 2. The third-order valence-electron chi connectivity index (χ3n) is 2.93. The molecule has 0 saturated heterocycles. The van der Waals surface area contributed by atoms with Crippen LogP contribution in [0, 0.1) is 6.92 Å². The highest BCUT2D eigenvalue weighted by molar-refractivity contribution is 6.34. The molecule has 0 unspecified atom stereocenters. The summed E-state index contributed by atoms with van der Waals surface area (Å²) in [5, 5.41) is 6.41. The lowest BCUT2D eigenvalue weighted by Gasteiger charge is -2.09. The molecule has 2 aromatic carbocycles. The minimum absolute atomic E-state index is 0.198. The van der Waals surface area contributed by atoms with Crippen LogP contribution in [-0.4, -0.2) is 13.0 Å². The van der Waals surface area contributed by atoms with Crippen LogP contribution in [0.15, 0.2) is 42.5 Å². The van der Waals surface area contributed by atoms with Gasteiger partial charge in [0.2, 0.25) is 0 Å². The second-order valence-corrected chi connectivity index (χ2v) is 5.08.